The number of piperidine rings is 1. The lowest BCUT2D eigenvalue weighted by atomic mass is 9.98. The van der Waals surface area contributed by atoms with Gasteiger partial charge < -0.3 is 4.90 Å². The van der Waals surface area contributed by atoms with Crippen LogP contribution in [0.4, 0.5) is 0 Å². The van der Waals surface area contributed by atoms with Crippen molar-refractivity contribution in [3.63, 3.8) is 0 Å². The Kier molecular flexibility index (Phi) is 5.33. The first-order chi connectivity index (χ1) is 11.0. The summed E-state index contributed by atoms with van der Waals surface area (Å²) >= 11 is 0. The van der Waals surface area contributed by atoms with Crippen molar-refractivity contribution in [2.45, 2.75) is 22.6 Å². The van der Waals surface area contributed by atoms with Gasteiger partial charge in [0.25, 0.3) is 0 Å². The highest BCUT2D eigenvalue weighted by Crippen LogP contribution is 2.25. The van der Waals surface area contributed by atoms with Gasteiger partial charge in [-0.1, -0.05) is 0 Å². The van der Waals surface area contributed by atoms with Crippen LogP contribution in [0.2, 0.25) is 0 Å². The Morgan fingerprint density at radius 3 is 2.17 bits per heavy atom. The van der Waals surface area contributed by atoms with Gasteiger partial charge in [0, 0.05) is 27.2 Å². The van der Waals surface area contributed by atoms with E-state index in [0.29, 0.717) is 19.4 Å². The smallest absolute Gasteiger partial charge is 0.243 e. The molecule has 0 spiro atoms. The zero-order valence-corrected chi connectivity index (χ0v) is 15.2. The van der Waals surface area contributed by atoms with E-state index in [9.17, 15) is 21.6 Å². The van der Waals surface area contributed by atoms with Crippen LogP contribution in [-0.2, 0) is 24.8 Å². The van der Waals surface area contributed by atoms with Gasteiger partial charge in [-0.15, -0.1) is 0 Å². The molecule has 0 saturated carbocycles. The largest absolute Gasteiger partial charge is 0.349 e. The Labute approximate surface area is 142 Å². The third-order valence-corrected chi connectivity index (χ3v) is 6.77. The van der Waals surface area contributed by atoms with Crippen molar-refractivity contribution in [2.75, 3.05) is 27.2 Å². The summed E-state index contributed by atoms with van der Waals surface area (Å²) in [5.74, 6) is -0.466. The second-order valence-electron chi connectivity index (χ2n) is 5.95. The van der Waals surface area contributed by atoms with Crippen molar-refractivity contribution in [3.8, 4) is 0 Å². The van der Waals surface area contributed by atoms with Crippen LogP contribution in [0.3, 0.4) is 0 Å². The highest BCUT2D eigenvalue weighted by Gasteiger charge is 2.33. The molecule has 1 aromatic carbocycles. The van der Waals surface area contributed by atoms with Crippen molar-refractivity contribution in [1.82, 2.24) is 9.21 Å². The van der Waals surface area contributed by atoms with Gasteiger partial charge in [-0.2, -0.15) is 4.31 Å². The van der Waals surface area contributed by atoms with Crippen LogP contribution in [0.15, 0.2) is 34.1 Å². The minimum absolute atomic E-state index is 0.0205. The summed E-state index contributed by atoms with van der Waals surface area (Å²) in [5.41, 5.74) is 0. The van der Waals surface area contributed by atoms with Gasteiger partial charge in [0.05, 0.1) is 15.7 Å². The minimum Gasteiger partial charge on any atom is -0.349 e. The molecular formula is C14H21N3O5S2. The fourth-order valence-electron chi connectivity index (χ4n) is 2.68. The van der Waals surface area contributed by atoms with Crippen LogP contribution >= 0.6 is 0 Å². The van der Waals surface area contributed by atoms with E-state index in [1.165, 1.54) is 21.3 Å². The first-order valence-electron chi connectivity index (χ1n) is 7.37. The van der Waals surface area contributed by atoms with Crippen molar-refractivity contribution >= 4 is 26.0 Å². The number of rotatable bonds is 4. The third kappa shape index (κ3) is 3.94. The van der Waals surface area contributed by atoms with Crippen molar-refractivity contribution in [1.29, 1.82) is 0 Å². The monoisotopic (exact) mass is 375 g/mol. The Hall–Kier alpha value is -1.49. The second-order valence-corrected chi connectivity index (χ2v) is 9.45. The van der Waals surface area contributed by atoms with Gasteiger partial charge in [-0.05, 0) is 37.1 Å². The molecule has 2 rings (SSSR count). The third-order valence-electron chi connectivity index (χ3n) is 3.96. The Morgan fingerprint density at radius 1 is 1.12 bits per heavy atom. The number of hydrogen-bond donors (Lipinski definition) is 1. The number of benzene rings is 1. The average Bonchev–Trinajstić information content (AvgIpc) is 2.53. The Bertz CT molecular complexity index is 816. The first kappa shape index (κ1) is 18.8. The number of hydrogen-bond acceptors (Lipinski definition) is 5. The van der Waals surface area contributed by atoms with E-state index in [1.54, 1.807) is 14.1 Å². The van der Waals surface area contributed by atoms with E-state index in [-0.39, 0.29) is 28.2 Å². The molecule has 1 aliphatic heterocycles. The highest BCUT2D eigenvalue weighted by atomic mass is 32.2. The molecule has 0 radical (unpaired) electrons. The van der Waals surface area contributed by atoms with Crippen LogP contribution in [0.25, 0.3) is 0 Å². The Morgan fingerprint density at radius 2 is 1.67 bits per heavy atom. The summed E-state index contributed by atoms with van der Waals surface area (Å²) in [6, 6.07) is 4.75. The normalized spacial score (nSPS) is 19.9. The van der Waals surface area contributed by atoms with E-state index in [1.807, 2.05) is 0 Å². The van der Waals surface area contributed by atoms with Crippen molar-refractivity contribution in [2.24, 2.45) is 11.1 Å². The highest BCUT2D eigenvalue weighted by molar-refractivity contribution is 7.89. The van der Waals surface area contributed by atoms with Crippen LogP contribution < -0.4 is 5.14 Å². The van der Waals surface area contributed by atoms with Crippen molar-refractivity contribution < 1.29 is 21.6 Å². The molecule has 1 fully saturated rings. The van der Waals surface area contributed by atoms with E-state index in [4.69, 9.17) is 5.14 Å². The topological polar surface area (TPSA) is 118 Å². The van der Waals surface area contributed by atoms with Gasteiger partial charge in [-0.25, -0.2) is 22.0 Å². The van der Waals surface area contributed by atoms with E-state index in [2.05, 4.69) is 0 Å². The number of nitrogens with zero attached hydrogens (tertiary/aromatic N) is 2. The van der Waals surface area contributed by atoms with Crippen molar-refractivity contribution in [3.05, 3.63) is 24.3 Å². The molecule has 0 aliphatic carbocycles. The van der Waals surface area contributed by atoms with Gasteiger partial charge in [-0.3, -0.25) is 4.79 Å². The maximum absolute atomic E-state index is 12.7. The molecule has 1 unspecified atom stereocenters. The minimum atomic E-state index is -3.88. The molecule has 1 heterocycles. The van der Waals surface area contributed by atoms with E-state index >= 15 is 0 Å². The van der Waals surface area contributed by atoms with Gasteiger partial charge in [0.1, 0.15) is 0 Å². The lowest BCUT2D eigenvalue weighted by molar-refractivity contribution is -0.134. The standard InChI is InChI=1S/C14H21N3O5S2/c1-16(2)14(18)11-4-3-9-17(10-11)24(21,22)13-7-5-12(6-8-13)23(15,19)20/h5-8,11H,3-4,9-10H2,1-2H3,(H2,15,19,20). The predicted molar refractivity (Wildman–Crippen MR) is 88.0 cm³/mol. The first-order valence-corrected chi connectivity index (χ1v) is 10.4. The summed E-state index contributed by atoms with van der Waals surface area (Å²) in [5, 5.41) is 5.01. The second kappa shape index (κ2) is 6.79. The molecule has 1 amide bonds. The number of amides is 1. The van der Waals surface area contributed by atoms with Gasteiger partial charge in [0.15, 0.2) is 0 Å². The molecule has 8 nitrogen and oxygen atoms in total. The van der Waals surface area contributed by atoms with Crippen LogP contribution in [0.1, 0.15) is 12.8 Å². The molecule has 24 heavy (non-hydrogen) atoms. The lowest BCUT2D eigenvalue weighted by Crippen LogP contribution is -2.45. The molecular weight excluding hydrogens is 354 g/mol. The quantitative estimate of drug-likeness (QED) is 0.783. The zero-order chi connectivity index (χ0) is 18.1. The summed E-state index contributed by atoms with van der Waals surface area (Å²) in [6.45, 7) is 0.451. The SMILES string of the molecule is CN(C)C(=O)C1CCCN(S(=O)(=O)c2ccc(S(N)(=O)=O)cc2)C1. The van der Waals surface area contributed by atoms with E-state index in [0.717, 1.165) is 12.1 Å². The molecule has 1 aromatic rings. The molecule has 1 atom stereocenters. The summed E-state index contributed by atoms with van der Waals surface area (Å²) in [7, 11) is -4.39. The Balaban J connectivity index is 2.25. The number of nitrogens with two attached hydrogens (primary N) is 1. The maximum atomic E-state index is 12.7. The molecule has 1 saturated heterocycles. The number of carbonyl (C=O) groups is 1. The molecule has 0 bridgehead atoms. The molecule has 134 valence electrons. The zero-order valence-electron chi connectivity index (χ0n) is 13.5. The van der Waals surface area contributed by atoms with Crippen LogP contribution in [-0.4, -0.2) is 59.1 Å². The fourth-order valence-corrected chi connectivity index (χ4v) is 4.72. The lowest BCUT2D eigenvalue weighted by Gasteiger charge is -2.32. The number of carbonyl (C=O) groups excluding carboxylic acids is 1. The summed E-state index contributed by atoms with van der Waals surface area (Å²) in [4.78, 5) is 13.4. The number of sulfonamides is 2. The molecule has 2 N–H and O–H groups in total. The molecule has 0 aromatic heterocycles. The number of primary sulfonamides is 1. The average molecular weight is 375 g/mol. The van der Waals surface area contributed by atoms with Crippen LogP contribution in [0.5, 0.6) is 0 Å². The molecule has 10 heteroatoms. The van der Waals surface area contributed by atoms with Gasteiger partial charge in [0.2, 0.25) is 26.0 Å². The molecule has 1 aliphatic rings. The van der Waals surface area contributed by atoms with Gasteiger partial charge >= 0.3 is 0 Å². The fraction of sp³-hybridized carbons (Fsp3) is 0.500. The predicted octanol–water partition coefficient (Wildman–Crippen LogP) is -0.177. The summed E-state index contributed by atoms with van der Waals surface area (Å²) in [6.07, 6.45) is 1.24. The van der Waals surface area contributed by atoms with Crippen LogP contribution in [0, 0.1) is 5.92 Å². The maximum Gasteiger partial charge on any atom is 0.243 e. The van der Waals surface area contributed by atoms with E-state index < -0.39 is 20.0 Å². The summed E-state index contributed by atoms with van der Waals surface area (Å²) < 4.78 is 49.2.